The highest BCUT2D eigenvalue weighted by molar-refractivity contribution is 5.97. The molecule has 0 aromatic heterocycles. The van der Waals surface area contributed by atoms with Crippen molar-refractivity contribution in [1.82, 2.24) is 4.90 Å². The van der Waals surface area contributed by atoms with E-state index in [-0.39, 0.29) is 5.91 Å². The SMILES string of the molecule is COC(=O)c1ccccc1[C@@H](C)[C@@]1(C#N)c2ccccc2C=CN1C(=O)c1ccccc1. The number of fused-ring (bicyclic) bond motifs is 1. The van der Waals surface area contributed by atoms with Gasteiger partial charge >= 0.3 is 5.97 Å². The molecule has 3 aromatic rings. The van der Waals surface area contributed by atoms with Gasteiger partial charge in [-0.15, -0.1) is 0 Å². The summed E-state index contributed by atoms with van der Waals surface area (Å²) in [5.41, 5.74) is 1.68. The molecule has 1 amide bonds. The molecule has 1 aliphatic rings. The van der Waals surface area contributed by atoms with E-state index in [1.165, 1.54) is 12.0 Å². The zero-order valence-electron chi connectivity index (χ0n) is 17.9. The first-order valence-electron chi connectivity index (χ1n) is 10.3. The molecule has 4 rings (SSSR count). The molecule has 0 aliphatic carbocycles. The molecule has 0 N–H and O–H groups in total. The summed E-state index contributed by atoms with van der Waals surface area (Å²) in [5, 5.41) is 10.7. The van der Waals surface area contributed by atoms with Crippen LogP contribution in [0.25, 0.3) is 6.08 Å². The Morgan fingerprint density at radius 1 is 0.969 bits per heavy atom. The molecular formula is C27H22N2O3. The highest BCUT2D eigenvalue weighted by Gasteiger charge is 2.49. The molecule has 5 heteroatoms. The maximum atomic E-state index is 13.6. The zero-order valence-corrected chi connectivity index (χ0v) is 17.9. The van der Waals surface area contributed by atoms with Crippen molar-refractivity contribution in [2.45, 2.75) is 18.4 Å². The minimum atomic E-state index is -1.37. The van der Waals surface area contributed by atoms with Gasteiger partial charge in [-0.05, 0) is 35.4 Å². The minimum absolute atomic E-state index is 0.291. The van der Waals surface area contributed by atoms with E-state index >= 15 is 0 Å². The number of carbonyl (C=O) groups is 2. The molecule has 0 unspecified atom stereocenters. The second-order valence-corrected chi connectivity index (χ2v) is 7.62. The van der Waals surface area contributed by atoms with Gasteiger partial charge in [-0.2, -0.15) is 5.26 Å². The van der Waals surface area contributed by atoms with Gasteiger partial charge < -0.3 is 4.74 Å². The van der Waals surface area contributed by atoms with Crippen molar-refractivity contribution in [3.05, 3.63) is 113 Å². The van der Waals surface area contributed by atoms with E-state index in [2.05, 4.69) is 6.07 Å². The van der Waals surface area contributed by atoms with Crippen LogP contribution in [0.1, 0.15) is 50.2 Å². The molecule has 1 aliphatic heterocycles. The Morgan fingerprint density at radius 2 is 1.62 bits per heavy atom. The lowest BCUT2D eigenvalue weighted by molar-refractivity contribution is 0.0596. The average molecular weight is 422 g/mol. The number of benzene rings is 3. The molecular weight excluding hydrogens is 400 g/mol. The van der Waals surface area contributed by atoms with Gasteiger partial charge in [0.1, 0.15) is 0 Å². The standard InChI is InChI=1S/C27H22N2O3/c1-19(22-13-7-8-14-23(22)26(31)32-2)27(18-28)24-15-9-6-10-20(24)16-17-29(27)25(30)21-11-4-3-5-12-21/h3-17,19H,1-2H3/t19-,27+/m1/s1. The molecule has 1 heterocycles. The number of carbonyl (C=O) groups excluding carboxylic acids is 2. The topological polar surface area (TPSA) is 70.4 Å². The first-order chi connectivity index (χ1) is 15.5. The fraction of sp³-hybridized carbons (Fsp3) is 0.148. The van der Waals surface area contributed by atoms with Crippen LogP contribution in [-0.2, 0) is 10.3 Å². The molecule has 0 radical (unpaired) electrons. The summed E-state index contributed by atoms with van der Waals surface area (Å²) in [5.74, 6) is -1.32. The van der Waals surface area contributed by atoms with Crippen LogP contribution in [-0.4, -0.2) is 23.9 Å². The van der Waals surface area contributed by atoms with Crippen molar-refractivity contribution < 1.29 is 14.3 Å². The van der Waals surface area contributed by atoms with Gasteiger partial charge in [0.25, 0.3) is 5.91 Å². The number of amides is 1. The number of hydrogen-bond acceptors (Lipinski definition) is 4. The van der Waals surface area contributed by atoms with E-state index in [0.29, 0.717) is 22.3 Å². The van der Waals surface area contributed by atoms with Crippen LogP contribution in [0.5, 0.6) is 0 Å². The Kier molecular flexibility index (Phi) is 5.61. The lowest BCUT2D eigenvalue weighted by Crippen LogP contribution is -2.51. The first kappa shape index (κ1) is 21.1. The predicted octanol–water partition coefficient (Wildman–Crippen LogP) is 5.12. The van der Waals surface area contributed by atoms with Crippen molar-refractivity contribution in [2.24, 2.45) is 0 Å². The van der Waals surface area contributed by atoms with E-state index in [4.69, 9.17) is 4.74 Å². The largest absolute Gasteiger partial charge is 0.465 e. The smallest absolute Gasteiger partial charge is 0.338 e. The first-order valence-corrected chi connectivity index (χ1v) is 10.3. The Morgan fingerprint density at radius 3 is 2.34 bits per heavy atom. The monoisotopic (exact) mass is 422 g/mol. The molecule has 0 bridgehead atoms. The summed E-state index contributed by atoms with van der Waals surface area (Å²) in [6, 6.07) is 25.9. The second-order valence-electron chi connectivity index (χ2n) is 7.62. The maximum absolute atomic E-state index is 13.6. The molecule has 158 valence electrons. The zero-order chi connectivity index (χ0) is 22.7. The number of nitrogens with zero attached hydrogens (tertiary/aromatic N) is 2. The molecule has 5 nitrogen and oxygen atoms in total. The number of esters is 1. The quantitative estimate of drug-likeness (QED) is 0.547. The van der Waals surface area contributed by atoms with Crippen LogP contribution in [0, 0.1) is 11.3 Å². The molecule has 0 saturated carbocycles. The fourth-order valence-electron chi connectivity index (χ4n) is 4.39. The summed E-state index contributed by atoms with van der Waals surface area (Å²) in [7, 11) is 1.33. The van der Waals surface area contributed by atoms with Gasteiger partial charge in [0.05, 0.1) is 18.7 Å². The van der Waals surface area contributed by atoms with Crippen molar-refractivity contribution in [3.8, 4) is 6.07 Å². The van der Waals surface area contributed by atoms with E-state index < -0.39 is 17.4 Å². The highest BCUT2D eigenvalue weighted by atomic mass is 16.5. The maximum Gasteiger partial charge on any atom is 0.338 e. The van der Waals surface area contributed by atoms with Gasteiger partial charge in [-0.1, -0.05) is 67.6 Å². The third-order valence-corrected chi connectivity index (χ3v) is 6.02. The van der Waals surface area contributed by atoms with Gasteiger partial charge in [-0.3, -0.25) is 9.69 Å². The number of hydrogen-bond donors (Lipinski definition) is 0. The predicted molar refractivity (Wildman–Crippen MR) is 122 cm³/mol. The number of nitriles is 1. The number of methoxy groups -OCH3 is 1. The third kappa shape index (κ3) is 3.27. The van der Waals surface area contributed by atoms with Gasteiger partial charge in [0, 0.05) is 23.2 Å². The van der Waals surface area contributed by atoms with Gasteiger partial charge in [0.2, 0.25) is 0 Å². The Bertz CT molecular complexity index is 1240. The number of rotatable bonds is 4. The summed E-state index contributed by atoms with van der Waals surface area (Å²) >= 11 is 0. The second kappa shape index (κ2) is 8.52. The molecule has 3 aromatic carbocycles. The fourth-order valence-corrected chi connectivity index (χ4v) is 4.39. The van der Waals surface area contributed by atoms with Crippen LogP contribution >= 0.6 is 0 Å². The summed E-state index contributed by atoms with van der Waals surface area (Å²) in [6.07, 6.45) is 3.50. The summed E-state index contributed by atoms with van der Waals surface area (Å²) < 4.78 is 4.98. The average Bonchev–Trinajstić information content (AvgIpc) is 2.87. The minimum Gasteiger partial charge on any atom is -0.465 e. The van der Waals surface area contributed by atoms with E-state index in [1.807, 2.05) is 55.5 Å². The Balaban J connectivity index is 1.95. The Labute approximate surface area is 187 Å². The van der Waals surface area contributed by atoms with Gasteiger partial charge in [-0.25, -0.2) is 4.79 Å². The van der Waals surface area contributed by atoms with Crippen LogP contribution in [0.2, 0.25) is 0 Å². The van der Waals surface area contributed by atoms with E-state index in [1.54, 1.807) is 42.6 Å². The number of ether oxygens (including phenoxy) is 1. The van der Waals surface area contributed by atoms with Crippen molar-refractivity contribution in [3.63, 3.8) is 0 Å². The lowest BCUT2D eigenvalue weighted by Gasteiger charge is -2.44. The molecule has 0 spiro atoms. The Hall–Kier alpha value is -4.17. The van der Waals surface area contributed by atoms with Gasteiger partial charge in [0.15, 0.2) is 5.54 Å². The van der Waals surface area contributed by atoms with Crippen LogP contribution in [0.3, 0.4) is 0 Å². The normalized spacial score (nSPS) is 17.7. The van der Waals surface area contributed by atoms with Crippen molar-refractivity contribution >= 4 is 18.0 Å². The van der Waals surface area contributed by atoms with Crippen LogP contribution < -0.4 is 0 Å². The summed E-state index contributed by atoms with van der Waals surface area (Å²) in [6.45, 7) is 1.87. The van der Waals surface area contributed by atoms with Crippen LogP contribution in [0.4, 0.5) is 0 Å². The van der Waals surface area contributed by atoms with Crippen molar-refractivity contribution in [2.75, 3.05) is 7.11 Å². The van der Waals surface area contributed by atoms with E-state index in [0.717, 1.165) is 5.56 Å². The molecule has 0 fully saturated rings. The lowest BCUT2D eigenvalue weighted by atomic mass is 9.71. The highest BCUT2D eigenvalue weighted by Crippen LogP contribution is 2.47. The van der Waals surface area contributed by atoms with Crippen LogP contribution in [0.15, 0.2) is 85.1 Å². The van der Waals surface area contributed by atoms with Crippen molar-refractivity contribution in [1.29, 1.82) is 5.26 Å². The molecule has 2 atom stereocenters. The summed E-state index contributed by atoms with van der Waals surface area (Å²) in [4.78, 5) is 27.6. The molecule has 32 heavy (non-hydrogen) atoms. The van der Waals surface area contributed by atoms with E-state index in [9.17, 15) is 14.9 Å². The molecule has 0 saturated heterocycles. The third-order valence-electron chi connectivity index (χ3n) is 6.02.